The summed E-state index contributed by atoms with van der Waals surface area (Å²) < 4.78 is 55.1. The van der Waals surface area contributed by atoms with E-state index in [2.05, 4.69) is 6.08 Å². The monoisotopic (exact) mass is 300 g/mol. The molecule has 0 aromatic heterocycles. The minimum Gasteiger partial charge on any atom is -0.203 e. The highest BCUT2D eigenvalue weighted by atomic mass is 19.2. The van der Waals surface area contributed by atoms with Gasteiger partial charge in [0, 0.05) is 11.1 Å². The third kappa shape index (κ3) is 2.60. The number of allylic oxidation sites excluding steroid dienone is 2. The Balaban J connectivity index is 2.36. The lowest BCUT2D eigenvalue weighted by Gasteiger charge is -2.10. The summed E-state index contributed by atoms with van der Waals surface area (Å²) in [5, 5.41) is 0. The Labute approximate surface area is 122 Å². The van der Waals surface area contributed by atoms with Crippen molar-refractivity contribution in [3.63, 3.8) is 0 Å². The van der Waals surface area contributed by atoms with Crippen LogP contribution in [-0.2, 0) is 6.42 Å². The molecule has 2 rings (SSSR count). The van der Waals surface area contributed by atoms with Crippen LogP contribution in [0.1, 0.15) is 38.8 Å². The van der Waals surface area contributed by atoms with Crippen LogP contribution in [0.3, 0.4) is 0 Å². The van der Waals surface area contributed by atoms with Crippen LogP contribution >= 0.6 is 0 Å². The molecule has 4 heteroatoms. The first-order valence-electron chi connectivity index (χ1n) is 7.05. The Hall–Kier alpha value is -1.32. The molecule has 116 valence electrons. The summed E-state index contributed by atoms with van der Waals surface area (Å²) in [7, 11) is 0. The van der Waals surface area contributed by atoms with Gasteiger partial charge in [0.15, 0.2) is 23.3 Å². The molecule has 0 spiro atoms. The molecule has 0 amide bonds. The van der Waals surface area contributed by atoms with E-state index < -0.39 is 34.4 Å². The van der Waals surface area contributed by atoms with Gasteiger partial charge in [0.2, 0.25) is 0 Å². The van der Waals surface area contributed by atoms with Crippen molar-refractivity contribution < 1.29 is 17.6 Å². The summed E-state index contributed by atoms with van der Waals surface area (Å²) in [5.41, 5.74) is -0.0747. The SMILES string of the molecule is CC(C)=C[C@@H]1[C@@H](Cc2c(F)c(F)c(C)c(F)c2F)C1(C)C. The van der Waals surface area contributed by atoms with Gasteiger partial charge in [-0.05, 0) is 44.4 Å². The van der Waals surface area contributed by atoms with E-state index in [1.54, 1.807) is 0 Å². The number of rotatable bonds is 3. The summed E-state index contributed by atoms with van der Waals surface area (Å²) in [5.74, 6) is -4.94. The average molecular weight is 300 g/mol. The van der Waals surface area contributed by atoms with Crippen LogP contribution in [0.4, 0.5) is 17.6 Å². The van der Waals surface area contributed by atoms with Gasteiger partial charge in [-0.25, -0.2) is 17.6 Å². The summed E-state index contributed by atoms with van der Waals surface area (Å²) in [6.07, 6.45) is 2.06. The van der Waals surface area contributed by atoms with Gasteiger partial charge in [0.05, 0.1) is 0 Å². The molecule has 1 saturated carbocycles. The molecule has 0 unspecified atom stereocenters. The lowest BCUT2D eigenvalue weighted by atomic mass is 10.00. The second-order valence-corrected chi connectivity index (χ2v) is 6.76. The normalized spacial score (nSPS) is 23.1. The highest BCUT2D eigenvalue weighted by Gasteiger charge is 2.56. The number of halogens is 4. The van der Waals surface area contributed by atoms with Crippen molar-refractivity contribution in [3.8, 4) is 0 Å². The van der Waals surface area contributed by atoms with E-state index >= 15 is 0 Å². The predicted octanol–water partition coefficient (Wildman–Crippen LogP) is 5.33. The number of hydrogen-bond donors (Lipinski definition) is 0. The van der Waals surface area contributed by atoms with Crippen LogP contribution < -0.4 is 0 Å². The summed E-state index contributed by atoms with van der Waals surface area (Å²) in [6.45, 7) is 8.94. The quantitative estimate of drug-likeness (QED) is 0.402. The molecule has 0 aliphatic heterocycles. The summed E-state index contributed by atoms with van der Waals surface area (Å²) >= 11 is 0. The fraction of sp³-hybridized carbons (Fsp3) is 0.529. The van der Waals surface area contributed by atoms with Crippen molar-refractivity contribution >= 4 is 0 Å². The van der Waals surface area contributed by atoms with Gasteiger partial charge in [-0.2, -0.15) is 0 Å². The maximum atomic E-state index is 13.9. The molecule has 1 aromatic carbocycles. The molecular formula is C17H20F4. The molecule has 21 heavy (non-hydrogen) atoms. The van der Waals surface area contributed by atoms with Crippen LogP contribution in [0, 0.1) is 47.4 Å². The fourth-order valence-corrected chi connectivity index (χ4v) is 3.05. The summed E-state index contributed by atoms with van der Waals surface area (Å²) in [6, 6.07) is 0. The topological polar surface area (TPSA) is 0 Å². The van der Waals surface area contributed by atoms with Crippen molar-refractivity contribution in [2.45, 2.75) is 41.0 Å². The molecule has 0 heterocycles. The van der Waals surface area contributed by atoms with Crippen LogP contribution in [0.25, 0.3) is 0 Å². The number of hydrogen-bond acceptors (Lipinski definition) is 0. The van der Waals surface area contributed by atoms with Crippen LogP contribution in [0.5, 0.6) is 0 Å². The Morgan fingerprint density at radius 2 is 1.48 bits per heavy atom. The molecule has 1 aliphatic rings. The first-order valence-corrected chi connectivity index (χ1v) is 7.05. The van der Waals surface area contributed by atoms with Gasteiger partial charge in [-0.15, -0.1) is 0 Å². The molecule has 1 aliphatic carbocycles. The second-order valence-electron chi connectivity index (χ2n) is 6.76. The molecule has 0 saturated heterocycles. The van der Waals surface area contributed by atoms with Crippen molar-refractivity contribution in [3.05, 3.63) is 46.0 Å². The highest BCUT2D eigenvalue weighted by molar-refractivity contribution is 5.31. The van der Waals surface area contributed by atoms with E-state index in [4.69, 9.17) is 0 Å². The molecule has 1 aromatic rings. The zero-order valence-electron chi connectivity index (χ0n) is 13.0. The zero-order chi connectivity index (χ0) is 16.1. The molecule has 2 atom stereocenters. The Morgan fingerprint density at radius 1 is 1.00 bits per heavy atom. The Kier molecular flexibility index (Phi) is 3.94. The van der Waals surface area contributed by atoms with Crippen molar-refractivity contribution in [1.29, 1.82) is 0 Å². The summed E-state index contributed by atoms with van der Waals surface area (Å²) in [4.78, 5) is 0. The van der Waals surface area contributed by atoms with Crippen molar-refractivity contribution in [2.75, 3.05) is 0 Å². The lowest BCUT2D eigenvalue weighted by molar-refractivity contribution is 0.422. The largest absolute Gasteiger partial charge is 0.203 e. The zero-order valence-corrected chi connectivity index (χ0v) is 13.0. The van der Waals surface area contributed by atoms with E-state index in [0.29, 0.717) is 0 Å². The van der Waals surface area contributed by atoms with Crippen LogP contribution in [-0.4, -0.2) is 0 Å². The maximum Gasteiger partial charge on any atom is 0.165 e. The van der Waals surface area contributed by atoms with Crippen molar-refractivity contribution in [2.24, 2.45) is 17.3 Å². The Bertz CT molecular complexity index is 581. The second kappa shape index (κ2) is 5.15. The minimum atomic E-state index is -1.29. The molecule has 0 radical (unpaired) electrons. The predicted molar refractivity (Wildman–Crippen MR) is 74.9 cm³/mol. The standard InChI is InChI=1S/C17H20F4/c1-8(2)6-11-12(17(11,4)5)7-10-15(20)13(18)9(3)14(19)16(10)21/h6,11-12H,7H2,1-5H3/t11-,12-/m1/s1. The molecule has 0 bridgehead atoms. The smallest absolute Gasteiger partial charge is 0.165 e. The maximum absolute atomic E-state index is 13.9. The molecule has 0 N–H and O–H groups in total. The highest BCUT2D eigenvalue weighted by Crippen LogP contribution is 2.60. The molecule has 0 nitrogen and oxygen atoms in total. The van der Waals surface area contributed by atoms with Gasteiger partial charge in [0.1, 0.15) is 0 Å². The van der Waals surface area contributed by atoms with E-state index in [1.165, 1.54) is 0 Å². The van der Waals surface area contributed by atoms with E-state index in [1.807, 2.05) is 27.7 Å². The lowest BCUT2D eigenvalue weighted by Crippen LogP contribution is -2.08. The van der Waals surface area contributed by atoms with Crippen LogP contribution in [0.2, 0.25) is 0 Å². The Morgan fingerprint density at radius 3 is 1.90 bits per heavy atom. The van der Waals surface area contributed by atoms with Gasteiger partial charge >= 0.3 is 0 Å². The van der Waals surface area contributed by atoms with E-state index in [-0.39, 0.29) is 23.7 Å². The molecule has 1 fully saturated rings. The first-order chi connectivity index (χ1) is 9.59. The van der Waals surface area contributed by atoms with Crippen molar-refractivity contribution in [1.82, 2.24) is 0 Å². The van der Waals surface area contributed by atoms with Gasteiger partial charge in [0.25, 0.3) is 0 Å². The van der Waals surface area contributed by atoms with E-state index in [9.17, 15) is 17.6 Å². The third-order valence-corrected chi connectivity index (χ3v) is 4.65. The number of benzene rings is 1. The molecular weight excluding hydrogens is 280 g/mol. The van der Waals surface area contributed by atoms with Gasteiger partial charge in [-0.3, -0.25) is 0 Å². The average Bonchev–Trinajstić information content (AvgIpc) is 2.89. The van der Waals surface area contributed by atoms with Gasteiger partial charge < -0.3 is 0 Å². The first kappa shape index (κ1) is 16.1. The van der Waals surface area contributed by atoms with E-state index in [0.717, 1.165) is 12.5 Å². The van der Waals surface area contributed by atoms with Crippen LogP contribution in [0.15, 0.2) is 11.6 Å². The fourth-order valence-electron chi connectivity index (χ4n) is 3.05. The third-order valence-electron chi connectivity index (χ3n) is 4.65. The van der Waals surface area contributed by atoms with Gasteiger partial charge in [-0.1, -0.05) is 25.5 Å². The minimum absolute atomic E-state index is 0.00718.